The maximum absolute atomic E-state index is 11.3. The molecule has 78 valence electrons. The second-order valence-electron chi connectivity index (χ2n) is 4.28. The second kappa shape index (κ2) is 3.75. The summed E-state index contributed by atoms with van der Waals surface area (Å²) in [6.07, 6.45) is 2.92. The fourth-order valence-corrected chi connectivity index (χ4v) is 4.79. The number of hydrogen-bond acceptors (Lipinski definition) is 3. The van der Waals surface area contributed by atoms with Gasteiger partial charge in [-0.15, -0.1) is 12.4 Å². The van der Waals surface area contributed by atoms with E-state index >= 15 is 0 Å². The van der Waals surface area contributed by atoms with Crippen molar-refractivity contribution in [2.45, 2.75) is 25.3 Å². The molecule has 3 atom stereocenters. The van der Waals surface area contributed by atoms with Crippen LogP contribution in [-0.4, -0.2) is 26.0 Å². The fourth-order valence-electron chi connectivity index (χ4n) is 2.67. The van der Waals surface area contributed by atoms with Crippen LogP contribution in [0.4, 0.5) is 0 Å². The van der Waals surface area contributed by atoms with Gasteiger partial charge in [-0.3, -0.25) is 0 Å². The Bertz CT molecular complexity index is 254. The van der Waals surface area contributed by atoms with Gasteiger partial charge < -0.3 is 5.73 Å². The van der Waals surface area contributed by atoms with Gasteiger partial charge in [0, 0.05) is 6.04 Å². The zero-order valence-corrected chi connectivity index (χ0v) is 9.11. The van der Waals surface area contributed by atoms with E-state index in [1.807, 2.05) is 0 Å². The molecule has 1 saturated carbocycles. The molecule has 0 aromatic heterocycles. The van der Waals surface area contributed by atoms with E-state index in [4.69, 9.17) is 5.73 Å². The molecule has 1 aliphatic heterocycles. The minimum Gasteiger partial charge on any atom is -0.328 e. The van der Waals surface area contributed by atoms with Gasteiger partial charge >= 0.3 is 0 Å². The molecule has 0 radical (unpaired) electrons. The average Bonchev–Trinajstić information content (AvgIpc) is 1.78. The highest BCUT2D eigenvalue weighted by molar-refractivity contribution is 7.91. The topological polar surface area (TPSA) is 60.2 Å². The van der Waals surface area contributed by atoms with E-state index in [9.17, 15) is 8.42 Å². The Morgan fingerprint density at radius 2 is 1.46 bits per heavy atom. The lowest BCUT2D eigenvalue weighted by atomic mass is 9.80. The third-order valence-corrected chi connectivity index (χ3v) is 4.88. The van der Waals surface area contributed by atoms with Gasteiger partial charge in [0.1, 0.15) is 0 Å². The second-order valence-corrected chi connectivity index (χ2v) is 6.43. The van der Waals surface area contributed by atoms with E-state index in [1.54, 1.807) is 0 Å². The molecule has 0 aromatic carbocycles. The Hall–Kier alpha value is 0.200. The van der Waals surface area contributed by atoms with Gasteiger partial charge in [0.25, 0.3) is 0 Å². The number of fused-ring (bicyclic) bond motifs is 2. The summed E-state index contributed by atoms with van der Waals surface area (Å²) in [6.45, 7) is 0. The first-order chi connectivity index (χ1) is 5.55. The van der Waals surface area contributed by atoms with Crippen molar-refractivity contribution in [2.24, 2.45) is 17.6 Å². The molecule has 1 saturated heterocycles. The van der Waals surface area contributed by atoms with Crippen molar-refractivity contribution in [3.8, 4) is 0 Å². The molecule has 5 heteroatoms. The average molecular weight is 226 g/mol. The largest absolute Gasteiger partial charge is 0.328 e. The minimum atomic E-state index is -2.72. The Morgan fingerprint density at radius 1 is 1.00 bits per heavy atom. The fraction of sp³-hybridized carbons (Fsp3) is 1.00. The van der Waals surface area contributed by atoms with E-state index in [-0.39, 0.29) is 18.4 Å². The highest BCUT2D eigenvalue weighted by Crippen LogP contribution is 2.34. The van der Waals surface area contributed by atoms with Crippen LogP contribution in [-0.2, 0) is 9.84 Å². The van der Waals surface area contributed by atoms with Crippen molar-refractivity contribution < 1.29 is 8.42 Å². The lowest BCUT2D eigenvalue weighted by molar-refractivity contribution is 0.259. The van der Waals surface area contributed by atoms with Crippen molar-refractivity contribution >= 4 is 22.2 Å². The van der Waals surface area contributed by atoms with Crippen LogP contribution in [0, 0.1) is 11.8 Å². The predicted molar refractivity (Wildman–Crippen MR) is 54.7 cm³/mol. The van der Waals surface area contributed by atoms with Crippen LogP contribution in [0.3, 0.4) is 0 Å². The summed E-state index contributed by atoms with van der Waals surface area (Å²) >= 11 is 0. The summed E-state index contributed by atoms with van der Waals surface area (Å²) in [6, 6.07) is 0.254. The van der Waals surface area contributed by atoms with Crippen LogP contribution in [0.2, 0.25) is 0 Å². The smallest absolute Gasteiger partial charge is 0.150 e. The lowest BCUT2D eigenvalue weighted by Crippen LogP contribution is -2.42. The summed E-state index contributed by atoms with van der Waals surface area (Å²) in [7, 11) is -2.72. The molecule has 0 aromatic rings. The molecule has 3 nitrogen and oxygen atoms in total. The highest BCUT2D eigenvalue weighted by atomic mass is 35.5. The molecule has 2 aliphatic rings. The van der Waals surface area contributed by atoms with Crippen LogP contribution >= 0.6 is 12.4 Å². The maximum atomic E-state index is 11.3. The van der Waals surface area contributed by atoms with Crippen molar-refractivity contribution in [3.63, 3.8) is 0 Å². The number of sulfone groups is 1. The summed E-state index contributed by atoms with van der Waals surface area (Å²) in [5.74, 6) is 1.49. The van der Waals surface area contributed by atoms with E-state index in [0.29, 0.717) is 23.3 Å². The number of hydrogen-bond donors (Lipinski definition) is 1. The minimum absolute atomic E-state index is 0. The van der Waals surface area contributed by atoms with Gasteiger partial charge in [-0.05, 0) is 31.1 Å². The first-order valence-electron chi connectivity index (χ1n) is 4.51. The zero-order valence-electron chi connectivity index (χ0n) is 7.48. The first-order valence-corrected chi connectivity index (χ1v) is 6.33. The van der Waals surface area contributed by atoms with Crippen LogP contribution in [0.1, 0.15) is 19.3 Å². The molecule has 1 aliphatic carbocycles. The summed E-state index contributed by atoms with van der Waals surface area (Å²) < 4.78 is 22.7. The van der Waals surface area contributed by atoms with Crippen molar-refractivity contribution in [1.29, 1.82) is 0 Å². The van der Waals surface area contributed by atoms with E-state index < -0.39 is 9.84 Å². The third-order valence-electron chi connectivity index (χ3n) is 2.92. The monoisotopic (exact) mass is 225 g/mol. The van der Waals surface area contributed by atoms with Crippen molar-refractivity contribution in [1.82, 2.24) is 0 Å². The Kier molecular flexibility index (Phi) is 3.25. The molecule has 1 heterocycles. The summed E-state index contributed by atoms with van der Waals surface area (Å²) in [4.78, 5) is 0. The van der Waals surface area contributed by atoms with Crippen LogP contribution in [0.15, 0.2) is 0 Å². The summed E-state index contributed by atoms with van der Waals surface area (Å²) in [5.41, 5.74) is 5.82. The normalized spacial score (nSPS) is 42.1. The number of halogens is 1. The Morgan fingerprint density at radius 3 is 1.92 bits per heavy atom. The van der Waals surface area contributed by atoms with E-state index in [1.165, 1.54) is 0 Å². The number of rotatable bonds is 0. The lowest BCUT2D eigenvalue weighted by Gasteiger charge is -2.37. The first kappa shape index (κ1) is 11.3. The van der Waals surface area contributed by atoms with Crippen LogP contribution in [0.5, 0.6) is 0 Å². The molecule has 1 unspecified atom stereocenters. The molecular formula is C8H16ClNO2S. The van der Waals surface area contributed by atoms with E-state index in [0.717, 1.165) is 19.3 Å². The quantitative estimate of drug-likeness (QED) is 0.656. The molecule has 0 amide bonds. The summed E-state index contributed by atoms with van der Waals surface area (Å²) in [5, 5.41) is 0. The third kappa shape index (κ3) is 2.58. The SMILES string of the molecule is Cl.NC1C[C@@H]2C[C@H](C1)CS(=O)(=O)C2. The molecule has 0 spiro atoms. The molecular weight excluding hydrogens is 210 g/mol. The molecule has 2 rings (SSSR count). The Labute approximate surface area is 85.4 Å². The van der Waals surface area contributed by atoms with Gasteiger partial charge in [0.05, 0.1) is 11.5 Å². The molecule has 2 fully saturated rings. The zero-order chi connectivity index (χ0) is 8.77. The van der Waals surface area contributed by atoms with Crippen molar-refractivity contribution in [2.75, 3.05) is 11.5 Å². The standard InChI is InChI=1S/C8H15NO2S.ClH/c9-8-2-6-1-7(3-8)5-12(10,11)4-6;/h6-8H,1-5,9H2;1H/t6-,7+,8?;. The molecule has 2 N–H and O–H groups in total. The van der Waals surface area contributed by atoms with E-state index in [2.05, 4.69) is 0 Å². The predicted octanol–water partition coefficient (Wildman–Crippen LogP) is 0.580. The number of nitrogens with two attached hydrogens (primary N) is 1. The van der Waals surface area contributed by atoms with Gasteiger partial charge in [-0.25, -0.2) is 8.42 Å². The maximum Gasteiger partial charge on any atom is 0.150 e. The van der Waals surface area contributed by atoms with Crippen molar-refractivity contribution in [3.05, 3.63) is 0 Å². The highest BCUT2D eigenvalue weighted by Gasteiger charge is 2.37. The van der Waals surface area contributed by atoms with Gasteiger partial charge in [0.15, 0.2) is 9.84 Å². The molecule has 13 heavy (non-hydrogen) atoms. The molecule has 2 bridgehead atoms. The van der Waals surface area contributed by atoms with Gasteiger partial charge in [0.2, 0.25) is 0 Å². The Balaban J connectivity index is 0.000000845. The van der Waals surface area contributed by atoms with Gasteiger partial charge in [-0.2, -0.15) is 0 Å². The van der Waals surface area contributed by atoms with Crippen LogP contribution in [0.25, 0.3) is 0 Å². The van der Waals surface area contributed by atoms with Gasteiger partial charge in [-0.1, -0.05) is 0 Å². The van der Waals surface area contributed by atoms with Crippen LogP contribution < -0.4 is 5.73 Å².